The summed E-state index contributed by atoms with van der Waals surface area (Å²) in [6.45, 7) is 2.72. The van der Waals surface area contributed by atoms with E-state index in [1.165, 1.54) is 0 Å². The quantitative estimate of drug-likeness (QED) is 0.643. The first-order chi connectivity index (χ1) is 8.19. The molecule has 1 unspecified atom stereocenters. The Morgan fingerprint density at radius 2 is 2.24 bits per heavy atom. The highest BCUT2D eigenvalue weighted by Crippen LogP contribution is 2.32. The number of nitrogens with two attached hydrogens (primary N) is 1. The Kier molecular flexibility index (Phi) is 3.58. The Balaban J connectivity index is 1.94. The van der Waals surface area contributed by atoms with Crippen molar-refractivity contribution in [3.8, 4) is 6.01 Å². The van der Waals surface area contributed by atoms with Gasteiger partial charge in [0.2, 0.25) is 11.9 Å². The van der Waals surface area contributed by atoms with Crippen molar-refractivity contribution >= 4 is 11.9 Å². The molecule has 1 heterocycles. The van der Waals surface area contributed by atoms with Crippen LogP contribution in [0.3, 0.4) is 0 Å². The van der Waals surface area contributed by atoms with Crippen LogP contribution in [0.5, 0.6) is 6.01 Å². The molecule has 7 heteroatoms. The van der Waals surface area contributed by atoms with Gasteiger partial charge in [-0.1, -0.05) is 0 Å². The topological polar surface area (TPSA) is 106 Å². The molecular weight excluding hydrogens is 222 g/mol. The number of aliphatic hydroxyl groups excluding tert-OH is 1. The lowest BCUT2D eigenvalue weighted by molar-refractivity contribution is 0.164. The number of nitrogen functional groups attached to an aromatic ring is 1. The van der Waals surface area contributed by atoms with Crippen LogP contribution in [0.25, 0.3) is 0 Å². The van der Waals surface area contributed by atoms with Crippen molar-refractivity contribution in [1.29, 1.82) is 0 Å². The van der Waals surface area contributed by atoms with Gasteiger partial charge in [0.15, 0.2) is 0 Å². The van der Waals surface area contributed by atoms with Crippen LogP contribution in [0.2, 0.25) is 0 Å². The van der Waals surface area contributed by atoms with Crippen molar-refractivity contribution in [2.45, 2.75) is 25.9 Å². The maximum absolute atomic E-state index is 9.70. The minimum Gasteiger partial charge on any atom is -0.464 e. The molecule has 0 radical (unpaired) electrons. The number of rotatable bonds is 6. The molecule has 0 aliphatic heterocycles. The predicted octanol–water partition coefficient (Wildman–Crippen LogP) is 0.0353. The maximum Gasteiger partial charge on any atom is 0.323 e. The summed E-state index contributed by atoms with van der Waals surface area (Å²) in [4.78, 5) is 11.8. The Hall–Kier alpha value is -1.63. The van der Waals surface area contributed by atoms with Crippen LogP contribution in [0.4, 0.5) is 11.9 Å². The number of ether oxygens (including phenoxy) is 1. The van der Waals surface area contributed by atoms with Crippen LogP contribution < -0.4 is 15.8 Å². The van der Waals surface area contributed by atoms with Crippen molar-refractivity contribution < 1.29 is 9.84 Å². The first-order valence-corrected chi connectivity index (χ1v) is 5.75. The highest BCUT2D eigenvalue weighted by atomic mass is 16.5. The molecule has 2 rings (SSSR count). The standard InChI is InChI=1S/C10H17N5O2/c1-2-17-10-14-8(11)13-9(15-10)12-5-7(16)6-3-4-6/h6-7,16H,2-5H2,1H3,(H3,11,12,13,14,15). The van der Waals surface area contributed by atoms with E-state index in [-0.39, 0.29) is 18.1 Å². The van der Waals surface area contributed by atoms with Crippen molar-refractivity contribution in [1.82, 2.24) is 15.0 Å². The average molecular weight is 239 g/mol. The zero-order valence-electron chi connectivity index (χ0n) is 9.76. The molecule has 1 aliphatic carbocycles. The van der Waals surface area contributed by atoms with Gasteiger partial charge >= 0.3 is 6.01 Å². The van der Waals surface area contributed by atoms with E-state index in [1.54, 1.807) is 0 Å². The normalized spacial score (nSPS) is 16.6. The third kappa shape index (κ3) is 3.42. The number of aliphatic hydroxyl groups is 1. The van der Waals surface area contributed by atoms with E-state index in [4.69, 9.17) is 10.5 Å². The molecule has 1 fully saturated rings. The van der Waals surface area contributed by atoms with Gasteiger partial charge in [0.1, 0.15) is 0 Å². The summed E-state index contributed by atoms with van der Waals surface area (Å²) >= 11 is 0. The SMILES string of the molecule is CCOc1nc(N)nc(NCC(O)C2CC2)n1. The fourth-order valence-electron chi connectivity index (χ4n) is 1.49. The number of nitrogens with zero attached hydrogens (tertiary/aromatic N) is 3. The lowest BCUT2D eigenvalue weighted by Crippen LogP contribution is -2.22. The van der Waals surface area contributed by atoms with Gasteiger partial charge in [-0.15, -0.1) is 0 Å². The molecule has 0 spiro atoms. The molecule has 4 N–H and O–H groups in total. The molecule has 17 heavy (non-hydrogen) atoms. The number of nitrogens with one attached hydrogen (secondary N) is 1. The number of aromatic nitrogens is 3. The molecular formula is C10H17N5O2. The lowest BCUT2D eigenvalue weighted by Gasteiger charge is -2.11. The minimum absolute atomic E-state index is 0.104. The molecule has 7 nitrogen and oxygen atoms in total. The van der Waals surface area contributed by atoms with Crippen LogP contribution in [-0.4, -0.2) is 39.3 Å². The fraction of sp³-hybridized carbons (Fsp3) is 0.700. The molecule has 1 aromatic heterocycles. The van der Waals surface area contributed by atoms with E-state index in [0.29, 0.717) is 25.0 Å². The average Bonchev–Trinajstić information content (AvgIpc) is 3.09. The minimum atomic E-state index is -0.358. The highest BCUT2D eigenvalue weighted by Gasteiger charge is 2.29. The van der Waals surface area contributed by atoms with Crippen LogP contribution >= 0.6 is 0 Å². The Labute approximate surface area is 99.4 Å². The zero-order chi connectivity index (χ0) is 12.3. The molecule has 1 aromatic rings. The van der Waals surface area contributed by atoms with Crippen molar-refractivity contribution in [3.05, 3.63) is 0 Å². The van der Waals surface area contributed by atoms with Gasteiger partial charge in [-0.3, -0.25) is 0 Å². The van der Waals surface area contributed by atoms with Crippen LogP contribution in [0.1, 0.15) is 19.8 Å². The van der Waals surface area contributed by atoms with Gasteiger partial charge in [-0.05, 0) is 25.7 Å². The van der Waals surface area contributed by atoms with Gasteiger partial charge < -0.3 is 20.9 Å². The summed E-state index contributed by atoms with van der Waals surface area (Å²) in [6, 6.07) is 0.198. The number of hydrogen-bond acceptors (Lipinski definition) is 7. The zero-order valence-corrected chi connectivity index (χ0v) is 9.76. The second-order valence-corrected chi connectivity index (χ2v) is 4.02. The molecule has 0 saturated heterocycles. The monoisotopic (exact) mass is 239 g/mol. The third-order valence-corrected chi connectivity index (χ3v) is 2.54. The summed E-state index contributed by atoms with van der Waals surface area (Å²) in [5.41, 5.74) is 5.52. The summed E-state index contributed by atoms with van der Waals surface area (Å²) in [6.07, 6.45) is 1.82. The molecule has 1 saturated carbocycles. The predicted molar refractivity (Wildman–Crippen MR) is 62.6 cm³/mol. The van der Waals surface area contributed by atoms with Crippen molar-refractivity contribution in [2.75, 3.05) is 24.2 Å². The smallest absolute Gasteiger partial charge is 0.323 e. The van der Waals surface area contributed by atoms with E-state index in [9.17, 15) is 5.11 Å². The van der Waals surface area contributed by atoms with Crippen molar-refractivity contribution in [3.63, 3.8) is 0 Å². The summed E-state index contributed by atoms with van der Waals surface area (Å²) in [7, 11) is 0. The Morgan fingerprint density at radius 1 is 1.47 bits per heavy atom. The van der Waals surface area contributed by atoms with E-state index in [1.807, 2.05) is 6.92 Å². The van der Waals surface area contributed by atoms with Gasteiger partial charge in [-0.2, -0.15) is 15.0 Å². The fourth-order valence-corrected chi connectivity index (χ4v) is 1.49. The Morgan fingerprint density at radius 3 is 2.88 bits per heavy atom. The molecule has 0 amide bonds. The van der Waals surface area contributed by atoms with Crippen LogP contribution in [0.15, 0.2) is 0 Å². The summed E-state index contributed by atoms with van der Waals surface area (Å²) in [5.74, 6) is 0.848. The maximum atomic E-state index is 9.70. The number of hydrogen-bond donors (Lipinski definition) is 3. The van der Waals surface area contributed by atoms with Crippen LogP contribution in [-0.2, 0) is 0 Å². The van der Waals surface area contributed by atoms with Gasteiger partial charge in [-0.25, -0.2) is 0 Å². The third-order valence-electron chi connectivity index (χ3n) is 2.54. The molecule has 0 aromatic carbocycles. The lowest BCUT2D eigenvalue weighted by atomic mass is 10.2. The van der Waals surface area contributed by atoms with Gasteiger partial charge in [0.25, 0.3) is 0 Å². The van der Waals surface area contributed by atoms with E-state index in [0.717, 1.165) is 12.8 Å². The van der Waals surface area contributed by atoms with E-state index in [2.05, 4.69) is 20.3 Å². The van der Waals surface area contributed by atoms with Gasteiger partial charge in [0, 0.05) is 6.54 Å². The van der Waals surface area contributed by atoms with Crippen molar-refractivity contribution in [2.24, 2.45) is 5.92 Å². The highest BCUT2D eigenvalue weighted by molar-refractivity contribution is 5.32. The summed E-state index contributed by atoms with van der Waals surface area (Å²) < 4.78 is 5.15. The molecule has 1 atom stereocenters. The second-order valence-electron chi connectivity index (χ2n) is 4.02. The molecule has 0 bridgehead atoms. The second kappa shape index (κ2) is 5.13. The molecule has 94 valence electrons. The largest absolute Gasteiger partial charge is 0.464 e. The first-order valence-electron chi connectivity index (χ1n) is 5.75. The number of anilines is 2. The van der Waals surface area contributed by atoms with Gasteiger partial charge in [0.05, 0.1) is 12.7 Å². The Bertz CT molecular complexity index is 383. The first kappa shape index (κ1) is 11.8. The summed E-state index contributed by atoms with van der Waals surface area (Å²) in [5, 5.41) is 12.6. The van der Waals surface area contributed by atoms with E-state index >= 15 is 0 Å². The van der Waals surface area contributed by atoms with Crippen LogP contribution in [0, 0.1) is 5.92 Å². The van der Waals surface area contributed by atoms with E-state index < -0.39 is 0 Å². The molecule has 1 aliphatic rings.